The Labute approximate surface area is 168 Å². The maximum Gasteiger partial charge on any atom is 0.172 e. The van der Waals surface area contributed by atoms with Crippen molar-refractivity contribution in [2.24, 2.45) is 0 Å². The summed E-state index contributed by atoms with van der Waals surface area (Å²) in [6.07, 6.45) is 0. The molecule has 0 unspecified atom stereocenters. The average molecular weight is 384 g/mol. The molecule has 136 valence electrons. The minimum absolute atomic E-state index is 0.0769. The van der Waals surface area contributed by atoms with Crippen LogP contribution in [0.3, 0.4) is 0 Å². The maximum atomic E-state index is 9.09. The van der Waals surface area contributed by atoms with Gasteiger partial charge >= 0.3 is 0 Å². The Hall–Kier alpha value is -5.04. The molecule has 0 spiro atoms. The summed E-state index contributed by atoms with van der Waals surface area (Å²) in [6, 6.07) is 22.3. The summed E-state index contributed by atoms with van der Waals surface area (Å²) in [5.41, 5.74) is 1.46. The van der Waals surface area contributed by atoms with E-state index in [4.69, 9.17) is 29.9 Å². The number of nitrogens with zero attached hydrogens (tertiary/aromatic N) is 4. The molecule has 6 heteroatoms. The molecule has 0 N–H and O–H groups in total. The van der Waals surface area contributed by atoms with Crippen molar-refractivity contribution in [3.05, 3.63) is 59.4 Å². The van der Waals surface area contributed by atoms with Gasteiger partial charge in [0.05, 0.1) is 0 Å². The van der Waals surface area contributed by atoms with Gasteiger partial charge in [-0.25, -0.2) is 0 Å². The van der Waals surface area contributed by atoms with Gasteiger partial charge in [0.2, 0.25) is 0 Å². The Kier molecular flexibility index (Phi) is 3.56. The fraction of sp³-hybridized carbons (Fsp3) is 0. The SMILES string of the molecule is N#CC(C#N)=c1cc2cc3ccc4cc5cc(=C(C#N)C#N)oc5cc4c3cc2o1. The molecule has 0 aliphatic carbocycles. The Morgan fingerprint density at radius 2 is 0.933 bits per heavy atom. The summed E-state index contributed by atoms with van der Waals surface area (Å²) in [5.74, 6) is 0. The van der Waals surface area contributed by atoms with Crippen molar-refractivity contribution in [3.63, 3.8) is 0 Å². The van der Waals surface area contributed by atoms with Crippen LogP contribution in [0.4, 0.5) is 0 Å². The molecule has 2 aromatic heterocycles. The van der Waals surface area contributed by atoms with Gasteiger partial charge in [-0.1, -0.05) is 12.1 Å². The first kappa shape index (κ1) is 17.1. The zero-order chi connectivity index (χ0) is 20.8. The lowest BCUT2D eigenvalue weighted by Gasteiger charge is -2.04. The van der Waals surface area contributed by atoms with Crippen LogP contribution < -0.4 is 10.8 Å². The largest absolute Gasteiger partial charge is 0.455 e. The van der Waals surface area contributed by atoms with Crippen LogP contribution in [-0.2, 0) is 0 Å². The third kappa shape index (κ3) is 2.40. The average Bonchev–Trinajstić information content (AvgIpc) is 3.35. The highest BCUT2D eigenvalue weighted by atomic mass is 16.3. The number of furan rings is 2. The summed E-state index contributed by atoms with van der Waals surface area (Å²) in [6.45, 7) is 0. The number of hydrogen-bond acceptors (Lipinski definition) is 6. The first-order valence-corrected chi connectivity index (χ1v) is 8.84. The Balaban J connectivity index is 1.88. The predicted octanol–water partition coefficient (Wildman–Crippen LogP) is 3.88. The first-order chi connectivity index (χ1) is 14.6. The topological polar surface area (TPSA) is 121 Å². The minimum atomic E-state index is -0.0769. The highest BCUT2D eigenvalue weighted by Gasteiger charge is 2.10. The fourth-order valence-electron chi connectivity index (χ4n) is 3.65. The van der Waals surface area contributed by atoms with E-state index in [0.717, 1.165) is 32.3 Å². The smallest absolute Gasteiger partial charge is 0.172 e. The summed E-state index contributed by atoms with van der Waals surface area (Å²) >= 11 is 0. The molecule has 0 bridgehead atoms. The molecule has 30 heavy (non-hydrogen) atoms. The normalized spacial score (nSPS) is 10.5. The molecule has 0 saturated heterocycles. The van der Waals surface area contributed by atoms with Crippen molar-refractivity contribution in [3.8, 4) is 24.3 Å². The van der Waals surface area contributed by atoms with E-state index < -0.39 is 0 Å². The van der Waals surface area contributed by atoms with Crippen molar-refractivity contribution >= 4 is 54.6 Å². The van der Waals surface area contributed by atoms with Crippen LogP contribution in [0.5, 0.6) is 0 Å². The van der Waals surface area contributed by atoms with E-state index in [2.05, 4.69) is 0 Å². The number of fused-ring (bicyclic) bond motifs is 5. The van der Waals surface area contributed by atoms with Gasteiger partial charge < -0.3 is 8.83 Å². The van der Waals surface area contributed by atoms with Crippen LogP contribution in [-0.4, -0.2) is 0 Å². The van der Waals surface area contributed by atoms with Crippen molar-refractivity contribution in [1.82, 2.24) is 0 Å². The first-order valence-electron chi connectivity index (χ1n) is 8.84. The van der Waals surface area contributed by atoms with Gasteiger partial charge in [-0.15, -0.1) is 0 Å². The van der Waals surface area contributed by atoms with Gasteiger partial charge in [0.15, 0.2) is 22.0 Å². The summed E-state index contributed by atoms with van der Waals surface area (Å²) in [7, 11) is 0. The number of hydrogen-bond donors (Lipinski definition) is 0. The number of rotatable bonds is 0. The lowest BCUT2D eigenvalue weighted by atomic mass is 9.99. The molecule has 0 radical (unpaired) electrons. The van der Waals surface area contributed by atoms with Gasteiger partial charge in [0.25, 0.3) is 0 Å². The van der Waals surface area contributed by atoms with Crippen LogP contribution in [0, 0.1) is 45.3 Å². The second-order valence-corrected chi connectivity index (χ2v) is 6.71. The third-order valence-corrected chi connectivity index (χ3v) is 5.05. The Morgan fingerprint density at radius 1 is 0.533 bits per heavy atom. The highest BCUT2D eigenvalue weighted by Crippen LogP contribution is 2.32. The number of nitriles is 4. The van der Waals surface area contributed by atoms with E-state index in [1.54, 1.807) is 12.1 Å². The fourth-order valence-corrected chi connectivity index (χ4v) is 3.65. The van der Waals surface area contributed by atoms with E-state index in [1.165, 1.54) is 0 Å². The van der Waals surface area contributed by atoms with Gasteiger partial charge in [-0.05, 0) is 57.9 Å². The Bertz CT molecular complexity index is 1670. The second-order valence-electron chi connectivity index (χ2n) is 6.71. The molecular weight excluding hydrogens is 376 g/mol. The van der Waals surface area contributed by atoms with Crippen LogP contribution >= 0.6 is 0 Å². The van der Waals surface area contributed by atoms with Crippen LogP contribution in [0.2, 0.25) is 0 Å². The van der Waals surface area contributed by atoms with Crippen molar-refractivity contribution in [2.45, 2.75) is 0 Å². The molecule has 0 fully saturated rings. The molecule has 3 aromatic carbocycles. The lowest BCUT2D eigenvalue weighted by molar-refractivity contribution is 0.577. The van der Waals surface area contributed by atoms with Gasteiger partial charge in [0.1, 0.15) is 35.4 Å². The molecule has 0 aliphatic heterocycles. The van der Waals surface area contributed by atoms with Gasteiger partial charge in [-0.2, -0.15) is 21.0 Å². The van der Waals surface area contributed by atoms with Crippen molar-refractivity contribution in [1.29, 1.82) is 21.0 Å². The molecule has 5 rings (SSSR count). The molecular formula is C24H8N4O2. The Morgan fingerprint density at radius 3 is 1.30 bits per heavy atom. The molecule has 0 saturated carbocycles. The van der Waals surface area contributed by atoms with E-state index >= 15 is 0 Å². The van der Waals surface area contributed by atoms with Crippen LogP contribution in [0.1, 0.15) is 0 Å². The van der Waals surface area contributed by atoms with Crippen molar-refractivity contribution < 1.29 is 8.83 Å². The lowest BCUT2D eigenvalue weighted by Crippen LogP contribution is -1.97. The van der Waals surface area contributed by atoms with Gasteiger partial charge in [-0.3, -0.25) is 0 Å². The maximum absolute atomic E-state index is 9.09. The third-order valence-electron chi connectivity index (χ3n) is 5.05. The molecule has 0 amide bonds. The number of benzene rings is 3. The molecule has 2 heterocycles. The minimum Gasteiger partial charge on any atom is -0.455 e. The standard InChI is InChI=1S/C24H8N4O2/c25-9-17(10-26)21-5-15-3-13-1-2-14-4-16-6-22(18(11-27)12-28)30-24(16)8-20(14)19(13)7-23(15)29-21/h1-8H. The second kappa shape index (κ2) is 6.25. The predicted molar refractivity (Wildman–Crippen MR) is 110 cm³/mol. The molecule has 5 aromatic rings. The van der Waals surface area contributed by atoms with E-state index in [-0.39, 0.29) is 22.0 Å². The summed E-state index contributed by atoms with van der Waals surface area (Å²) in [5, 5.41) is 41.7. The molecule has 6 nitrogen and oxygen atoms in total. The summed E-state index contributed by atoms with van der Waals surface area (Å²) in [4.78, 5) is 0. The molecule has 0 atom stereocenters. The van der Waals surface area contributed by atoms with Crippen LogP contribution in [0.25, 0.3) is 54.6 Å². The van der Waals surface area contributed by atoms with E-state index in [9.17, 15) is 0 Å². The quantitative estimate of drug-likeness (QED) is 0.373. The van der Waals surface area contributed by atoms with Gasteiger partial charge in [0, 0.05) is 10.8 Å². The zero-order valence-electron chi connectivity index (χ0n) is 15.2. The van der Waals surface area contributed by atoms with Crippen molar-refractivity contribution in [2.75, 3.05) is 0 Å². The monoisotopic (exact) mass is 384 g/mol. The van der Waals surface area contributed by atoms with Crippen LogP contribution in [0.15, 0.2) is 57.4 Å². The highest BCUT2D eigenvalue weighted by molar-refractivity contribution is 6.14. The summed E-state index contributed by atoms with van der Waals surface area (Å²) < 4.78 is 11.5. The van der Waals surface area contributed by atoms with E-state index in [1.807, 2.05) is 60.7 Å². The van der Waals surface area contributed by atoms with E-state index in [0.29, 0.717) is 11.2 Å². The molecule has 0 aliphatic rings. The zero-order valence-corrected chi connectivity index (χ0v) is 15.2.